The van der Waals surface area contributed by atoms with Crippen LogP contribution >= 0.6 is 8.86 Å². The normalized spacial score (nSPS) is 21.8. The lowest BCUT2D eigenvalue weighted by atomic mass is 9.82. The lowest BCUT2D eigenvalue weighted by molar-refractivity contribution is 0.0892. The Bertz CT molecular complexity index is 1180. The van der Waals surface area contributed by atoms with Crippen molar-refractivity contribution in [2.24, 2.45) is 0 Å². The topological polar surface area (TPSA) is 65.2 Å². The molecule has 0 amide bonds. The molecule has 192 valence electrons. The fraction of sp³-hybridized carbons (Fsp3) is 0.483. The van der Waals surface area contributed by atoms with Crippen LogP contribution in [0.15, 0.2) is 42.1 Å². The van der Waals surface area contributed by atoms with Crippen molar-refractivity contribution >= 4 is 20.1 Å². The first-order valence-electron chi connectivity index (χ1n) is 13.0. The molecule has 3 aliphatic heterocycles. The first-order valence-corrected chi connectivity index (χ1v) is 13.5. The molecule has 2 saturated heterocycles. The number of aliphatic hydroxyl groups is 1. The zero-order valence-corrected chi connectivity index (χ0v) is 23.0. The van der Waals surface area contributed by atoms with Crippen molar-refractivity contribution in [2.75, 3.05) is 39.1 Å². The molecule has 6 nitrogen and oxygen atoms in total. The smallest absolute Gasteiger partial charge is 0.125 e. The minimum Gasteiger partial charge on any atom is -0.496 e. The van der Waals surface area contributed by atoms with Gasteiger partial charge in [-0.2, -0.15) is 0 Å². The first-order chi connectivity index (χ1) is 17.3. The zero-order valence-electron chi connectivity index (χ0n) is 22.0. The molecule has 0 aromatic heterocycles. The number of ether oxygens (including phenoxy) is 1. The van der Waals surface area contributed by atoms with Gasteiger partial charge in [-0.3, -0.25) is 4.90 Å². The highest BCUT2D eigenvalue weighted by molar-refractivity contribution is 7.20. The van der Waals surface area contributed by atoms with Gasteiger partial charge in [-0.1, -0.05) is 51.2 Å². The Balaban J connectivity index is 1.46. The van der Waals surface area contributed by atoms with E-state index in [2.05, 4.69) is 74.7 Å². The molecule has 3 N–H and O–H groups in total. The third-order valence-corrected chi connectivity index (χ3v) is 8.69. The fourth-order valence-electron chi connectivity index (χ4n) is 6.72. The van der Waals surface area contributed by atoms with E-state index in [0.717, 1.165) is 56.0 Å². The zero-order chi connectivity index (χ0) is 25.6. The molecule has 3 heterocycles. The summed E-state index contributed by atoms with van der Waals surface area (Å²) in [7, 11) is 5.73. The summed E-state index contributed by atoms with van der Waals surface area (Å²) in [5.74, 6) is 1.05. The van der Waals surface area contributed by atoms with E-state index < -0.39 is 0 Å². The van der Waals surface area contributed by atoms with E-state index in [1.54, 1.807) is 7.11 Å². The van der Waals surface area contributed by atoms with E-state index in [1.165, 1.54) is 33.5 Å². The second-order valence-corrected chi connectivity index (χ2v) is 11.2. The number of fused-ring (bicyclic) bond motifs is 3. The minimum absolute atomic E-state index is 0.121. The lowest BCUT2D eigenvalue weighted by Gasteiger charge is -2.44. The minimum atomic E-state index is -0.145. The monoisotopic (exact) mass is 506 g/mol. The van der Waals surface area contributed by atoms with E-state index in [9.17, 15) is 5.11 Å². The number of hydrogen-bond acceptors (Lipinski definition) is 4. The number of methoxy groups -OCH3 is 1. The molecular formula is C29H39N4O2P. The fourth-order valence-corrected chi connectivity index (χ4v) is 7.24. The summed E-state index contributed by atoms with van der Waals surface area (Å²) in [5, 5.41) is 10.0. The molecule has 0 unspecified atom stereocenters. The van der Waals surface area contributed by atoms with E-state index in [4.69, 9.17) is 10.5 Å². The molecule has 0 aliphatic carbocycles. The second kappa shape index (κ2) is 9.83. The molecule has 2 aromatic rings. The maximum Gasteiger partial charge on any atom is 0.125 e. The van der Waals surface area contributed by atoms with E-state index in [1.807, 2.05) is 6.07 Å². The van der Waals surface area contributed by atoms with Crippen LogP contribution in [-0.2, 0) is 13.1 Å². The van der Waals surface area contributed by atoms with Crippen LogP contribution in [0.25, 0.3) is 0 Å². The molecule has 3 aliphatic rings. The summed E-state index contributed by atoms with van der Waals surface area (Å²) in [6, 6.07) is 10.9. The molecular weight excluding hydrogens is 467 g/mol. The molecule has 0 bridgehead atoms. The Kier molecular flexibility index (Phi) is 6.90. The second-order valence-electron chi connectivity index (χ2n) is 10.7. The van der Waals surface area contributed by atoms with Gasteiger partial charge in [0.05, 0.1) is 19.3 Å². The SMILES string of the molecule is COc1cc(N)cc2c1[C@@H](C)C=C1N(C2)C(=P)N(CCO)C12CCN(Cc1cc(C)cc(C)c1)CC2. The van der Waals surface area contributed by atoms with Crippen LogP contribution in [0, 0.1) is 13.8 Å². The molecule has 7 heteroatoms. The van der Waals surface area contributed by atoms with Crippen LogP contribution in [-0.4, -0.2) is 64.2 Å². The molecule has 2 fully saturated rings. The third-order valence-electron chi connectivity index (χ3n) is 8.15. The maximum absolute atomic E-state index is 10.0. The summed E-state index contributed by atoms with van der Waals surface area (Å²) in [5.41, 5.74) is 15.6. The number of anilines is 1. The highest BCUT2D eigenvalue weighted by Gasteiger charge is 2.53. The summed E-state index contributed by atoms with van der Waals surface area (Å²) >= 11 is 0. The van der Waals surface area contributed by atoms with Crippen molar-refractivity contribution in [1.29, 1.82) is 0 Å². The number of nitrogens with two attached hydrogens (primary N) is 1. The molecule has 2 aromatic carbocycles. The Labute approximate surface area is 217 Å². The Hall–Kier alpha value is -2.37. The van der Waals surface area contributed by atoms with Gasteiger partial charge in [0, 0.05) is 61.7 Å². The third kappa shape index (κ3) is 4.35. The lowest BCUT2D eigenvalue weighted by Crippen LogP contribution is -2.54. The van der Waals surface area contributed by atoms with Gasteiger partial charge in [0.15, 0.2) is 0 Å². The first kappa shape index (κ1) is 25.3. The van der Waals surface area contributed by atoms with Crippen molar-refractivity contribution in [2.45, 2.75) is 58.2 Å². The highest BCUT2D eigenvalue weighted by atomic mass is 31.0. The van der Waals surface area contributed by atoms with Crippen LogP contribution in [0.5, 0.6) is 5.75 Å². The summed E-state index contributed by atoms with van der Waals surface area (Å²) in [6.07, 6.45) is 4.44. The van der Waals surface area contributed by atoms with Crippen molar-refractivity contribution < 1.29 is 9.84 Å². The summed E-state index contributed by atoms with van der Waals surface area (Å²) in [4.78, 5) is 7.35. The molecule has 0 saturated carbocycles. The number of allylic oxidation sites excluding steroid dienone is 1. The quantitative estimate of drug-likeness (QED) is 0.467. The van der Waals surface area contributed by atoms with Crippen molar-refractivity contribution in [3.05, 3.63) is 69.9 Å². The molecule has 1 atom stereocenters. The average molecular weight is 507 g/mol. The number of rotatable bonds is 5. The van der Waals surface area contributed by atoms with Gasteiger partial charge in [-0.15, -0.1) is 0 Å². The van der Waals surface area contributed by atoms with Gasteiger partial charge in [-0.05, 0) is 43.9 Å². The predicted molar refractivity (Wildman–Crippen MR) is 150 cm³/mol. The van der Waals surface area contributed by atoms with Crippen molar-refractivity contribution in [3.8, 4) is 5.75 Å². The van der Waals surface area contributed by atoms with Crippen LogP contribution in [0.1, 0.15) is 53.5 Å². The van der Waals surface area contributed by atoms with Gasteiger partial charge >= 0.3 is 0 Å². The molecule has 1 spiro atoms. The number of β-amino-alcohol motifs (C(OH)–C–C–N with tert-alkyl or cyclic N) is 1. The standard InChI is InChI=1S/C29H39N4O2P/c1-19-11-20(2)13-22(12-19)17-31-7-5-29(6-8-31)26-14-21(3)27-23(15-24(30)16-25(27)35-4)18-32(26)28(36)33(29)9-10-34/h11-16,21,34,36H,5-10,17-18,30H2,1-4H3/t21-/m0/s1. The van der Waals surface area contributed by atoms with Crippen LogP contribution in [0.2, 0.25) is 0 Å². The van der Waals surface area contributed by atoms with Gasteiger partial charge in [0.25, 0.3) is 0 Å². The largest absolute Gasteiger partial charge is 0.496 e. The number of aliphatic hydroxyl groups excluding tert-OH is 1. The van der Waals surface area contributed by atoms with Crippen LogP contribution < -0.4 is 10.5 Å². The molecule has 36 heavy (non-hydrogen) atoms. The number of hydrogen-bond donors (Lipinski definition) is 2. The maximum atomic E-state index is 10.0. The van der Waals surface area contributed by atoms with E-state index >= 15 is 0 Å². The summed E-state index contributed by atoms with van der Waals surface area (Å²) < 4.78 is 5.76. The van der Waals surface area contributed by atoms with Crippen molar-refractivity contribution in [3.63, 3.8) is 0 Å². The van der Waals surface area contributed by atoms with E-state index in [-0.39, 0.29) is 18.1 Å². The van der Waals surface area contributed by atoms with Gasteiger partial charge in [0.1, 0.15) is 11.3 Å². The van der Waals surface area contributed by atoms with Crippen molar-refractivity contribution in [1.82, 2.24) is 14.7 Å². The Morgan fingerprint density at radius 1 is 1.11 bits per heavy atom. The number of aryl methyl sites for hydroxylation is 2. The number of benzene rings is 2. The van der Waals surface area contributed by atoms with Gasteiger partial charge in [0.2, 0.25) is 0 Å². The average Bonchev–Trinajstić information content (AvgIpc) is 2.93. The molecule has 5 rings (SSSR count). The Morgan fingerprint density at radius 3 is 2.44 bits per heavy atom. The number of piperidine rings is 1. The molecule has 0 radical (unpaired) electrons. The highest BCUT2D eigenvalue weighted by Crippen LogP contribution is 2.49. The number of nitrogens with zero attached hydrogens (tertiary/aromatic N) is 3. The number of likely N-dealkylation sites (tertiary alicyclic amines) is 1. The predicted octanol–water partition coefficient (Wildman–Crippen LogP) is 4.27. The van der Waals surface area contributed by atoms with Crippen LogP contribution in [0.4, 0.5) is 5.69 Å². The van der Waals surface area contributed by atoms with Gasteiger partial charge < -0.3 is 20.5 Å². The number of nitrogen functional groups attached to an aromatic ring is 1. The van der Waals surface area contributed by atoms with Crippen LogP contribution in [0.3, 0.4) is 0 Å². The Morgan fingerprint density at radius 2 is 1.81 bits per heavy atom. The van der Waals surface area contributed by atoms with Gasteiger partial charge in [-0.25, -0.2) is 4.90 Å². The van der Waals surface area contributed by atoms with E-state index in [0.29, 0.717) is 6.54 Å². The summed E-state index contributed by atoms with van der Waals surface area (Å²) in [6.45, 7) is 11.0.